The Labute approximate surface area is 98.5 Å². The Hall–Kier alpha value is -1.88. The molecular formula is C12H14N4O. The van der Waals surface area contributed by atoms with E-state index in [1.807, 2.05) is 12.1 Å². The van der Waals surface area contributed by atoms with Gasteiger partial charge in [0, 0.05) is 43.4 Å². The number of nitrogens with one attached hydrogen (secondary N) is 2. The van der Waals surface area contributed by atoms with E-state index >= 15 is 0 Å². The quantitative estimate of drug-likeness (QED) is 0.741. The van der Waals surface area contributed by atoms with E-state index in [2.05, 4.69) is 26.3 Å². The number of aromatic nitrogens is 2. The molecule has 5 heteroatoms. The maximum atomic E-state index is 11.1. The van der Waals surface area contributed by atoms with Gasteiger partial charge in [-0.3, -0.25) is 0 Å². The number of hydrogen-bond donors (Lipinski definition) is 2. The second-order valence-electron chi connectivity index (χ2n) is 4.20. The normalized spacial score (nSPS) is 16.4. The Balaban J connectivity index is 2.01. The number of fused-ring (bicyclic) bond motifs is 1. The third-order valence-corrected chi connectivity index (χ3v) is 3.08. The number of nitrogens with zero attached hydrogens (tertiary/aromatic N) is 2. The van der Waals surface area contributed by atoms with Crippen LogP contribution in [0.3, 0.4) is 0 Å². The summed E-state index contributed by atoms with van der Waals surface area (Å²) < 4.78 is 0. The molecule has 1 fully saturated rings. The van der Waals surface area contributed by atoms with Gasteiger partial charge in [-0.05, 0) is 18.2 Å². The minimum atomic E-state index is -0.299. The lowest BCUT2D eigenvalue weighted by atomic mass is 10.2. The number of rotatable bonds is 1. The third kappa shape index (κ3) is 2.01. The van der Waals surface area contributed by atoms with Gasteiger partial charge in [-0.15, -0.1) is 0 Å². The van der Waals surface area contributed by atoms with E-state index in [0.29, 0.717) is 0 Å². The number of anilines is 1. The predicted octanol–water partition coefficient (Wildman–Crippen LogP) is 0.333. The molecule has 1 aromatic carbocycles. The van der Waals surface area contributed by atoms with Gasteiger partial charge in [-0.25, -0.2) is 9.78 Å². The van der Waals surface area contributed by atoms with E-state index in [9.17, 15) is 4.79 Å². The van der Waals surface area contributed by atoms with Gasteiger partial charge in [-0.2, -0.15) is 0 Å². The van der Waals surface area contributed by atoms with E-state index in [1.54, 1.807) is 6.20 Å². The van der Waals surface area contributed by atoms with E-state index < -0.39 is 0 Å². The summed E-state index contributed by atoms with van der Waals surface area (Å²) in [7, 11) is 0. The first-order chi connectivity index (χ1) is 8.33. The smallest absolute Gasteiger partial charge is 0.345 e. The second-order valence-corrected chi connectivity index (χ2v) is 4.20. The molecule has 1 aromatic heterocycles. The fourth-order valence-electron chi connectivity index (χ4n) is 2.17. The minimum absolute atomic E-state index is 0.299. The molecule has 1 saturated heterocycles. The summed E-state index contributed by atoms with van der Waals surface area (Å²) >= 11 is 0. The number of aromatic amines is 1. The zero-order valence-electron chi connectivity index (χ0n) is 9.44. The Morgan fingerprint density at radius 3 is 2.88 bits per heavy atom. The Morgan fingerprint density at radius 1 is 1.24 bits per heavy atom. The molecule has 2 heterocycles. The van der Waals surface area contributed by atoms with Crippen LogP contribution in [0, 0.1) is 0 Å². The molecule has 5 nitrogen and oxygen atoms in total. The van der Waals surface area contributed by atoms with Crippen LogP contribution in [0.5, 0.6) is 0 Å². The first-order valence-electron chi connectivity index (χ1n) is 5.78. The molecule has 2 aromatic rings. The lowest BCUT2D eigenvalue weighted by Crippen LogP contribution is -2.43. The van der Waals surface area contributed by atoms with Crippen molar-refractivity contribution < 1.29 is 0 Å². The van der Waals surface area contributed by atoms with Crippen molar-refractivity contribution in [3.8, 4) is 0 Å². The Kier molecular flexibility index (Phi) is 2.53. The molecule has 1 aliphatic heterocycles. The van der Waals surface area contributed by atoms with Crippen LogP contribution >= 0.6 is 0 Å². The minimum Gasteiger partial charge on any atom is -0.369 e. The van der Waals surface area contributed by atoms with Gasteiger partial charge in [0.1, 0.15) is 0 Å². The van der Waals surface area contributed by atoms with E-state index in [-0.39, 0.29) is 5.69 Å². The summed E-state index contributed by atoms with van der Waals surface area (Å²) in [4.78, 5) is 19.9. The molecule has 1 aliphatic rings. The van der Waals surface area contributed by atoms with Crippen LogP contribution in [-0.2, 0) is 0 Å². The fourth-order valence-corrected chi connectivity index (χ4v) is 2.17. The molecule has 0 bridgehead atoms. The molecule has 0 saturated carbocycles. The van der Waals surface area contributed by atoms with Crippen LogP contribution in [0.25, 0.3) is 10.9 Å². The highest BCUT2D eigenvalue weighted by Crippen LogP contribution is 2.19. The van der Waals surface area contributed by atoms with E-state index in [4.69, 9.17) is 0 Å². The lowest BCUT2D eigenvalue weighted by Gasteiger charge is -2.29. The van der Waals surface area contributed by atoms with Crippen molar-refractivity contribution in [2.45, 2.75) is 0 Å². The van der Waals surface area contributed by atoms with Crippen LogP contribution in [0.2, 0.25) is 0 Å². The zero-order valence-corrected chi connectivity index (χ0v) is 9.44. The van der Waals surface area contributed by atoms with Crippen LogP contribution in [-0.4, -0.2) is 36.1 Å². The highest BCUT2D eigenvalue weighted by molar-refractivity contribution is 5.81. The van der Waals surface area contributed by atoms with Crippen molar-refractivity contribution in [2.75, 3.05) is 31.1 Å². The van der Waals surface area contributed by atoms with Crippen molar-refractivity contribution in [1.82, 2.24) is 15.3 Å². The molecule has 0 aliphatic carbocycles. The predicted molar refractivity (Wildman–Crippen MR) is 67.4 cm³/mol. The molecule has 0 amide bonds. The molecule has 0 unspecified atom stereocenters. The first kappa shape index (κ1) is 10.3. The molecule has 0 radical (unpaired) electrons. The largest absolute Gasteiger partial charge is 0.369 e. The Morgan fingerprint density at radius 2 is 2.06 bits per heavy atom. The van der Waals surface area contributed by atoms with Crippen LogP contribution in [0.1, 0.15) is 0 Å². The van der Waals surface area contributed by atoms with Gasteiger partial charge >= 0.3 is 5.69 Å². The molecule has 17 heavy (non-hydrogen) atoms. The second kappa shape index (κ2) is 4.18. The molecule has 0 atom stereocenters. The molecular weight excluding hydrogens is 216 g/mol. The van der Waals surface area contributed by atoms with Crippen molar-refractivity contribution in [3.05, 3.63) is 34.9 Å². The van der Waals surface area contributed by atoms with Crippen molar-refractivity contribution in [2.24, 2.45) is 0 Å². The lowest BCUT2D eigenvalue weighted by molar-refractivity contribution is 0.589. The summed E-state index contributed by atoms with van der Waals surface area (Å²) in [6.07, 6.45) is 1.62. The van der Waals surface area contributed by atoms with Gasteiger partial charge in [0.05, 0.1) is 5.52 Å². The highest BCUT2D eigenvalue weighted by atomic mass is 16.1. The average molecular weight is 230 g/mol. The third-order valence-electron chi connectivity index (χ3n) is 3.08. The first-order valence-corrected chi connectivity index (χ1v) is 5.78. The average Bonchev–Trinajstić information content (AvgIpc) is 2.39. The number of hydrogen-bond acceptors (Lipinski definition) is 4. The molecule has 3 rings (SSSR count). The molecule has 2 N–H and O–H groups in total. The molecule has 0 spiro atoms. The summed E-state index contributed by atoms with van der Waals surface area (Å²) in [6.45, 7) is 4.06. The van der Waals surface area contributed by atoms with Crippen LogP contribution in [0.15, 0.2) is 29.2 Å². The number of piperazine rings is 1. The van der Waals surface area contributed by atoms with Gasteiger partial charge in [0.2, 0.25) is 0 Å². The van der Waals surface area contributed by atoms with Gasteiger partial charge in [-0.1, -0.05) is 0 Å². The van der Waals surface area contributed by atoms with E-state index in [0.717, 1.165) is 37.1 Å². The van der Waals surface area contributed by atoms with Crippen molar-refractivity contribution >= 4 is 16.6 Å². The summed E-state index contributed by atoms with van der Waals surface area (Å²) in [5.41, 5.74) is 1.73. The SMILES string of the molecule is O=c1ncc2cc(N3CCNCC3)ccc2[nH]1. The summed E-state index contributed by atoms with van der Waals surface area (Å²) in [5, 5.41) is 4.30. The van der Waals surface area contributed by atoms with Crippen molar-refractivity contribution in [3.63, 3.8) is 0 Å². The fraction of sp³-hybridized carbons (Fsp3) is 0.333. The van der Waals surface area contributed by atoms with Crippen molar-refractivity contribution in [1.29, 1.82) is 0 Å². The maximum absolute atomic E-state index is 11.1. The highest BCUT2D eigenvalue weighted by Gasteiger charge is 2.10. The van der Waals surface area contributed by atoms with E-state index in [1.165, 1.54) is 5.69 Å². The van der Waals surface area contributed by atoms with Crippen LogP contribution in [0.4, 0.5) is 5.69 Å². The Bertz CT molecular complexity index is 586. The zero-order chi connectivity index (χ0) is 11.7. The van der Waals surface area contributed by atoms with Gasteiger partial charge in [0.25, 0.3) is 0 Å². The summed E-state index contributed by atoms with van der Waals surface area (Å²) in [5.74, 6) is 0. The summed E-state index contributed by atoms with van der Waals surface area (Å²) in [6, 6.07) is 6.06. The molecule has 88 valence electrons. The van der Waals surface area contributed by atoms with Gasteiger partial charge < -0.3 is 15.2 Å². The maximum Gasteiger partial charge on any atom is 0.345 e. The topological polar surface area (TPSA) is 61.0 Å². The number of H-pyrrole nitrogens is 1. The number of benzene rings is 1. The monoisotopic (exact) mass is 230 g/mol. The van der Waals surface area contributed by atoms with Crippen LogP contribution < -0.4 is 15.9 Å². The standard InChI is InChI=1S/C12H14N4O/c17-12-14-8-9-7-10(1-2-11(9)15-12)16-5-3-13-4-6-16/h1-2,7-8,13H,3-6H2,(H,14,15,17). The van der Waals surface area contributed by atoms with Gasteiger partial charge in [0.15, 0.2) is 0 Å².